The van der Waals surface area contributed by atoms with Crippen LogP contribution in [0.15, 0.2) is 36.9 Å². The van der Waals surface area contributed by atoms with Crippen molar-refractivity contribution < 1.29 is 9.94 Å². The lowest BCUT2D eigenvalue weighted by atomic mass is 9.82. The molecule has 3 nitrogen and oxygen atoms in total. The lowest BCUT2D eigenvalue weighted by Crippen LogP contribution is -2.59. The number of aliphatic hydroxyl groups excluding tert-OH is 1. The van der Waals surface area contributed by atoms with E-state index in [-0.39, 0.29) is 23.8 Å². The smallest absolute Gasteiger partial charge is 0.0995 e. The molecule has 0 bridgehead atoms. The van der Waals surface area contributed by atoms with Crippen LogP contribution in [0.25, 0.3) is 6.08 Å². The molecule has 1 fully saturated rings. The first-order chi connectivity index (χ1) is 10.7. The zero-order valence-corrected chi connectivity index (χ0v) is 15.4. The van der Waals surface area contributed by atoms with Gasteiger partial charge in [0, 0.05) is 11.1 Å². The van der Waals surface area contributed by atoms with Gasteiger partial charge in [-0.1, -0.05) is 43.0 Å². The SMILES string of the molecule is C=Cc1ccccc1.CC(CO)ON1C(C)(C)CCCC1(C)C. The summed E-state index contributed by atoms with van der Waals surface area (Å²) in [7, 11) is 0. The number of hydrogen-bond donors (Lipinski definition) is 1. The van der Waals surface area contributed by atoms with Gasteiger partial charge in [0.05, 0.1) is 12.7 Å². The summed E-state index contributed by atoms with van der Waals surface area (Å²) in [6.07, 6.45) is 5.25. The van der Waals surface area contributed by atoms with Crippen molar-refractivity contribution in [3.05, 3.63) is 42.5 Å². The van der Waals surface area contributed by atoms with Crippen LogP contribution in [-0.4, -0.2) is 34.0 Å². The van der Waals surface area contributed by atoms with E-state index in [4.69, 9.17) is 9.94 Å². The van der Waals surface area contributed by atoms with Crippen molar-refractivity contribution in [2.24, 2.45) is 0 Å². The number of hydroxylamine groups is 2. The molecule has 1 unspecified atom stereocenters. The van der Waals surface area contributed by atoms with Crippen LogP contribution in [0.2, 0.25) is 0 Å². The summed E-state index contributed by atoms with van der Waals surface area (Å²) < 4.78 is 0. The highest BCUT2D eigenvalue weighted by Gasteiger charge is 2.43. The molecule has 0 amide bonds. The Balaban J connectivity index is 0.000000277. The molecule has 0 saturated carbocycles. The minimum Gasteiger partial charge on any atom is -0.394 e. The van der Waals surface area contributed by atoms with Gasteiger partial charge in [0.15, 0.2) is 0 Å². The van der Waals surface area contributed by atoms with Crippen LogP contribution in [0.1, 0.15) is 59.4 Å². The molecule has 0 spiro atoms. The molecule has 1 N–H and O–H groups in total. The number of aliphatic hydroxyl groups is 1. The lowest BCUT2D eigenvalue weighted by Gasteiger charge is -2.52. The Kier molecular flexibility index (Phi) is 7.46. The first-order valence-corrected chi connectivity index (χ1v) is 8.48. The van der Waals surface area contributed by atoms with Gasteiger partial charge < -0.3 is 5.11 Å². The van der Waals surface area contributed by atoms with Gasteiger partial charge in [0.25, 0.3) is 0 Å². The van der Waals surface area contributed by atoms with E-state index in [1.165, 1.54) is 12.0 Å². The number of hydrogen-bond acceptors (Lipinski definition) is 3. The van der Waals surface area contributed by atoms with Crippen molar-refractivity contribution in [1.29, 1.82) is 0 Å². The minimum atomic E-state index is -0.123. The molecule has 1 aliphatic rings. The van der Waals surface area contributed by atoms with E-state index in [1.54, 1.807) is 0 Å². The van der Waals surface area contributed by atoms with Gasteiger partial charge in [-0.25, -0.2) is 0 Å². The largest absolute Gasteiger partial charge is 0.394 e. The van der Waals surface area contributed by atoms with Gasteiger partial charge in [-0.2, -0.15) is 5.06 Å². The third kappa shape index (κ3) is 6.09. The minimum absolute atomic E-state index is 0.0607. The molecule has 1 atom stereocenters. The van der Waals surface area contributed by atoms with Crippen LogP contribution >= 0.6 is 0 Å². The summed E-state index contributed by atoms with van der Waals surface area (Å²) in [5.41, 5.74) is 1.30. The maximum atomic E-state index is 9.05. The van der Waals surface area contributed by atoms with Crippen LogP contribution in [-0.2, 0) is 4.84 Å². The highest BCUT2D eigenvalue weighted by atomic mass is 16.7. The second-order valence-corrected chi connectivity index (χ2v) is 7.49. The van der Waals surface area contributed by atoms with Gasteiger partial charge >= 0.3 is 0 Å². The van der Waals surface area contributed by atoms with E-state index < -0.39 is 0 Å². The fourth-order valence-electron chi connectivity index (χ4n) is 3.06. The van der Waals surface area contributed by atoms with E-state index in [1.807, 2.05) is 43.3 Å². The maximum Gasteiger partial charge on any atom is 0.0995 e. The lowest BCUT2D eigenvalue weighted by molar-refractivity contribution is -0.305. The topological polar surface area (TPSA) is 32.7 Å². The maximum absolute atomic E-state index is 9.05. The summed E-state index contributed by atoms with van der Waals surface area (Å²) in [6, 6.07) is 10.0. The number of piperidine rings is 1. The van der Waals surface area contributed by atoms with Crippen molar-refractivity contribution in [2.75, 3.05) is 6.61 Å². The number of nitrogens with zero attached hydrogens (tertiary/aromatic N) is 1. The zero-order valence-electron chi connectivity index (χ0n) is 15.4. The van der Waals surface area contributed by atoms with Crippen molar-refractivity contribution >= 4 is 6.08 Å². The highest BCUT2D eigenvalue weighted by molar-refractivity contribution is 5.45. The molecule has 23 heavy (non-hydrogen) atoms. The summed E-state index contributed by atoms with van der Waals surface area (Å²) in [4.78, 5) is 5.85. The zero-order chi connectivity index (χ0) is 17.5. The average Bonchev–Trinajstić information content (AvgIpc) is 2.51. The Morgan fingerprint density at radius 3 is 2.09 bits per heavy atom. The van der Waals surface area contributed by atoms with Crippen molar-refractivity contribution in [3.63, 3.8) is 0 Å². The van der Waals surface area contributed by atoms with Gasteiger partial charge in [-0.05, 0) is 59.4 Å². The third-order valence-electron chi connectivity index (χ3n) is 4.25. The van der Waals surface area contributed by atoms with E-state index in [0.717, 1.165) is 12.8 Å². The summed E-state index contributed by atoms with van der Waals surface area (Å²) >= 11 is 0. The van der Waals surface area contributed by atoms with E-state index in [9.17, 15) is 0 Å². The van der Waals surface area contributed by atoms with Crippen molar-refractivity contribution in [1.82, 2.24) is 5.06 Å². The number of benzene rings is 1. The van der Waals surface area contributed by atoms with Crippen molar-refractivity contribution in [3.8, 4) is 0 Å². The first kappa shape index (κ1) is 19.9. The third-order valence-corrected chi connectivity index (χ3v) is 4.25. The molecule has 1 aliphatic heterocycles. The standard InChI is InChI=1S/C12H25NO2.C8H8/c1-10(9-14)15-13-11(2,3)7-6-8-12(13,4)5;1-2-8-6-4-3-5-7-8/h10,14H,6-9H2,1-5H3;2-7H,1H2. The van der Waals surface area contributed by atoms with Crippen LogP contribution < -0.4 is 0 Å². The summed E-state index contributed by atoms with van der Waals surface area (Å²) in [6.45, 7) is 14.4. The molecular weight excluding hydrogens is 286 g/mol. The Bertz CT molecular complexity index is 452. The predicted octanol–water partition coefficient (Wildman–Crippen LogP) is 4.67. The van der Waals surface area contributed by atoms with Crippen LogP contribution in [0.5, 0.6) is 0 Å². The van der Waals surface area contributed by atoms with Gasteiger partial charge in [-0.15, -0.1) is 0 Å². The van der Waals surface area contributed by atoms with Crippen LogP contribution in [0.3, 0.4) is 0 Å². The van der Waals surface area contributed by atoms with E-state index >= 15 is 0 Å². The van der Waals surface area contributed by atoms with E-state index in [0.29, 0.717) is 0 Å². The second-order valence-electron chi connectivity index (χ2n) is 7.49. The molecule has 130 valence electrons. The molecule has 2 rings (SSSR count). The first-order valence-electron chi connectivity index (χ1n) is 8.48. The van der Waals surface area contributed by atoms with Gasteiger partial charge in [0.2, 0.25) is 0 Å². The predicted molar refractivity (Wildman–Crippen MR) is 98.0 cm³/mol. The molecule has 3 heteroatoms. The van der Waals surface area contributed by atoms with Crippen LogP contribution in [0, 0.1) is 0 Å². The van der Waals surface area contributed by atoms with Gasteiger partial charge in [0.1, 0.15) is 0 Å². The van der Waals surface area contributed by atoms with E-state index in [2.05, 4.69) is 39.3 Å². The molecule has 1 saturated heterocycles. The highest BCUT2D eigenvalue weighted by Crippen LogP contribution is 2.38. The molecule has 1 aromatic rings. The average molecular weight is 319 g/mol. The second kappa shape index (κ2) is 8.62. The van der Waals surface area contributed by atoms with Gasteiger partial charge in [-0.3, -0.25) is 4.84 Å². The Morgan fingerprint density at radius 2 is 1.70 bits per heavy atom. The fraction of sp³-hybridized carbons (Fsp3) is 0.600. The molecular formula is C20H33NO2. The number of rotatable bonds is 4. The van der Waals surface area contributed by atoms with Crippen molar-refractivity contribution in [2.45, 2.75) is 71.1 Å². The van der Waals surface area contributed by atoms with Crippen LogP contribution in [0.4, 0.5) is 0 Å². The quantitative estimate of drug-likeness (QED) is 0.875. The Hall–Kier alpha value is -1.16. The molecule has 0 aromatic heterocycles. The Labute approximate surface area is 141 Å². The fourth-order valence-corrected chi connectivity index (χ4v) is 3.06. The Morgan fingerprint density at radius 1 is 1.17 bits per heavy atom. The summed E-state index contributed by atoms with van der Waals surface area (Å²) in [5.74, 6) is 0. The molecule has 1 aromatic carbocycles. The molecule has 0 aliphatic carbocycles. The molecule has 1 heterocycles. The molecule has 0 radical (unpaired) electrons. The normalized spacial score (nSPS) is 21.0. The summed E-state index contributed by atoms with van der Waals surface area (Å²) in [5, 5.41) is 11.1. The monoisotopic (exact) mass is 319 g/mol.